The average molecular weight is 655 g/mol. The van der Waals surface area contributed by atoms with E-state index in [4.69, 9.17) is 9.98 Å². The van der Waals surface area contributed by atoms with E-state index in [1.54, 1.807) is 0 Å². The molecular weight excluding hydrogens is 617 g/mol. The lowest BCUT2D eigenvalue weighted by Gasteiger charge is -2.32. The molecule has 2 heterocycles. The van der Waals surface area contributed by atoms with Crippen LogP contribution in [0, 0.1) is 19.8 Å². The first kappa shape index (κ1) is 30.0. The smallest absolute Gasteiger partial charge is 0.0825 e. The minimum Gasteiger partial charge on any atom is -0.276 e. The molecule has 244 valence electrons. The third-order valence-corrected chi connectivity index (χ3v) is 11.8. The molecule has 2 nitrogen and oxygen atoms in total. The van der Waals surface area contributed by atoms with Crippen LogP contribution in [-0.2, 0) is 5.41 Å². The lowest BCUT2D eigenvalue weighted by molar-refractivity contribution is 0.502. The molecule has 1 spiro atoms. The highest BCUT2D eigenvalue weighted by Gasteiger charge is 2.52. The van der Waals surface area contributed by atoms with Gasteiger partial charge in [0.1, 0.15) is 0 Å². The molecular formula is C49H38N2. The van der Waals surface area contributed by atoms with Crippen molar-refractivity contribution in [2.45, 2.75) is 38.6 Å². The van der Waals surface area contributed by atoms with Crippen LogP contribution in [0.5, 0.6) is 0 Å². The van der Waals surface area contributed by atoms with Crippen LogP contribution in [0.2, 0.25) is 0 Å². The van der Waals surface area contributed by atoms with Gasteiger partial charge in [-0.3, -0.25) is 9.98 Å². The van der Waals surface area contributed by atoms with E-state index in [-0.39, 0.29) is 17.4 Å². The van der Waals surface area contributed by atoms with Crippen LogP contribution in [0.3, 0.4) is 0 Å². The monoisotopic (exact) mass is 654 g/mol. The average Bonchev–Trinajstić information content (AvgIpc) is 3.65. The number of nitrogens with zero attached hydrogens (tertiary/aromatic N) is 2. The van der Waals surface area contributed by atoms with Gasteiger partial charge in [-0.2, -0.15) is 0 Å². The number of hydrogen-bond acceptors (Lipinski definition) is 2. The quantitative estimate of drug-likeness (QED) is 0.185. The standard InChI is InChI=1S/C49H38N2/c1-4-34-46(39-17-8-12-23-45(39)51-48(34)33-27-25-32(26-28-33)35-29-24-30(2)50-31(35)3)40-18-13-22-44-47(40)38-16-7-11-21-43(38)49(44)41-19-9-5-14-36(41)37-15-6-10-20-42(37)49/h5-29,34,48H,4H2,1-3H3. The number of hydrogen-bond donors (Lipinski definition) is 0. The second kappa shape index (κ2) is 11.3. The molecule has 2 heteroatoms. The Bertz CT molecular complexity index is 2620. The molecule has 0 saturated carbocycles. The first-order valence-electron chi connectivity index (χ1n) is 18.2. The molecule has 0 fully saturated rings. The van der Waals surface area contributed by atoms with Crippen LogP contribution in [0.1, 0.15) is 64.2 Å². The first-order valence-corrected chi connectivity index (χ1v) is 18.2. The van der Waals surface area contributed by atoms with Gasteiger partial charge >= 0.3 is 0 Å². The second-order valence-electron chi connectivity index (χ2n) is 14.3. The highest BCUT2D eigenvalue weighted by atomic mass is 14.8. The fourth-order valence-corrected chi connectivity index (χ4v) is 9.71. The molecule has 6 aromatic carbocycles. The van der Waals surface area contributed by atoms with Gasteiger partial charge in [0.25, 0.3) is 0 Å². The highest BCUT2D eigenvalue weighted by molar-refractivity contribution is 5.98. The summed E-state index contributed by atoms with van der Waals surface area (Å²) >= 11 is 0. The molecule has 3 aliphatic rings. The summed E-state index contributed by atoms with van der Waals surface area (Å²) in [7, 11) is 0. The van der Waals surface area contributed by atoms with Crippen molar-refractivity contribution >= 4 is 5.57 Å². The molecule has 1 aliphatic heterocycles. The van der Waals surface area contributed by atoms with Crippen LogP contribution in [0.4, 0.5) is 0 Å². The number of para-hydroxylation sites is 1. The summed E-state index contributed by atoms with van der Waals surface area (Å²) in [5.74, 6) is 0.201. The van der Waals surface area contributed by atoms with E-state index < -0.39 is 0 Å². The topological polar surface area (TPSA) is 25.2 Å². The summed E-state index contributed by atoms with van der Waals surface area (Å²) in [5.41, 5.74) is 19.0. The maximum Gasteiger partial charge on any atom is 0.0825 e. The second-order valence-corrected chi connectivity index (χ2v) is 14.3. The van der Waals surface area contributed by atoms with Crippen LogP contribution in [0.15, 0.2) is 157 Å². The van der Waals surface area contributed by atoms with Crippen molar-refractivity contribution in [1.29, 1.82) is 0 Å². The summed E-state index contributed by atoms with van der Waals surface area (Å²) in [6, 6.07) is 56.6. The van der Waals surface area contributed by atoms with Crippen molar-refractivity contribution in [2.24, 2.45) is 10.9 Å². The van der Waals surface area contributed by atoms with E-state index in [2.05, 4.69) is 166 Å². The fraction of sp³-hybridized carbons (Fsp3) is 0.143. The number of benzene rings is 6. The molecule has 2 aliphatic carbocycles. The Balaban J connectivity index is 1.20. The minimum absolute atomic E-state index is 0.000542. The largest absolute Gasteiger partial charge is 0.276 e. The van der Waals surface area contributed by atoms with E-state index in [1.807, 2.05) is 6.92 Å². The van der Waals surface area contributed by atoms with Crippen LogP contribution >= 0.6 is 0 Å². The van der Waals surface area contributed by atoms with E-state index in [0.717, 1.165) is 23.2 Å². The summed E-state index contributed by atoms with van der Waals surface area (Å²) in [4.78, 5) is 10.2. The molecule has 2 atom stereocenters. The van der Waals surface area contributed by atoms with E-state index in [1.165, 1.54) is 77.6 Å². The lowest BCUT2D eigenvalue weighted by atomic mass is 9.70. The fourth-order valence-electron chi connectivity index (χ4n) is 9.71. The SMILES string of the molecule is CCC1C(c2cccc3c2-c2ccccc2C32c3ccccc3-c3ccccc32)=c2ccccc2=NC1c1ccc(-c2ccc(C)nc2C)cc1. The van der Waals surface area contributed by atoms with E-state index >= 15 is 0 Å². The van der Waals surface area contributed by atoms with Crippen molar-refractivity contribution in [3.8, 4) is 33.4 Å². The first-order chi connectivity index (χ1) is 25.1. The van der Waals surface area contributed by atoms with E-state index in [9.17, 15) is 0 Å². The Morgan fingerprint density at radius 1 is 0.529 bits per heavy atom. The van der Waals surface area contributed by atoms with Crippen LogP contribution in [0.25, 0.3) is 39.0 Å². The summed E-state index contributed by atoms with van der Waals surface area (Å²) < 4.78 is 0. The number of pyridine rings is 1. The zero-order valence-corrected chi connectivity index (χ0v) is 29.2. The van der Waals surface area contributed by atoms with Crippen molar-refractivity contribution in [3.05, 3.63) is 207 Å². The molecule has 2 unspecified atom stereocenters. The van der Waals surface area contributed by atoms with Gasteiger partial charge in [0.15, 0.2) is 0 Å². The van der Waals surface area contributed by atoms with Gasteiger partial charge in [-0.1, -0.05) is 146 Å². The Kier molecular flexibility index (Phi) is 6.67. The summed E-state index contributed by atoms with van der Waals surface area (Å²) in [6.07, 6.45) is 0.975. The molecule has 7 aromatic rings. The number of rotatable bonds is 4. The van der Waals surface area contributed by atoms with Crippen molar-refractivity contribution in [2.75, 3.05) is 0 Å². The van der Waals surface area contributed by atoms with Crippen molar-refractivity contribution < 1.29 is 0 Å². The van der Waals surface area contributed by atoms with Crippen molar-refractivity contribution in [3.63, 3.8) is 0 Å². The Morgan fingerprint density at radius 3 is 1.80 bits per heavy atom. The number of fused-ring (bicyclic) bond motifs is 11. The Morgan fingerprint density at radius 2 is 1.12 bits per heavy atom. The molecule has 0 saturated heterocycles. The Labute approximate surface area is 299 Å². The zero-order chi connectivity index (χ0) is 34.3. The van der Waals surface area contributed by atoms with Gasteiger partial charge in [-0.15, -0.1) is 0 Å². The molecule has 0 bridgehead atoms. The number of aromatic nitrogens is 1. The molecule has 0 amide bonds. The number of aryl methyl sites for hydroxylation is 2. The van der Waals surface area contributed by atoms with Gasteiger partial charge < -0.3 is 0 Å². The molecule has 0 N–H and O–H groups in total. The predicted octanol–water partition coefficient (Wildman–Crippen LogP) is 10.3. The lowest BCUT2D eigenvalue weighted by Crippen LogP contribution is -2.37. The normalized spacial score (nSPS) is 17.3. The maximum atomic E-state index is 5.51. The van der Waals surface area contributed by atoms with Gasteiger partial charge in [0.05, 0.1) is 16.8 Å². The Hall–Kier alpha value is -5.86. The third kappa shape index (κ3) is 4.17. The molecule has 1 aromatic heterocycles. The summed E-state index contributed by atoms with van der Waals surface area (Å²) in [5, 5.41) is 2.32. The van der Waals surface area contributed by atoms with Gasteiger partial charge in [0, 0.05) is 28.1 Å². The van der Waals surface area contributed by atoms with Gasteiger partial charge in [-0.25, -0.2) is 0 Å². The molecule has 0 radical (unpaired) electrons. The highest BCUT2D eigenvalue weighted by Crippen LogP contribution is 2.63. The van der Waals surface area contributed by atoms with E-state index in [0.29, 0.717) is 0 Å². The predicted molar refractivity (Wildman–Crippen MR) is 208 cm³/mol. The maximum absolute atomic E-state index is 5.51. The van der Waals surface area contributed by atoms with Gasteiger partial charge in [-0.05, 0) is 99.2 Å². The van der Waals surface area contributed by atoms with Crippen LogP contribution in [-0.4, -0.2) is 4.98 Å². The third-order valence-electron chi connectivity index (χ3n) is 11.8. The molecule has 51 heavy (non-hydrogen) atoms. The van der Waals surface area contributed by atoms with Crippen LogP contribution < -0.4 is 10.6 Å². The zero-order valence-electron chi connectivity index (χ0n) is 29.2. The van der Waals surface area contributed by atoms with Gasteiger partial charge in [0.2, 0.25) is 0 Å². The molecule has 10 rings (SSSR count). The van der Waals surface area contributed by atoms with Crippen molar-refractivity contribution in [1.82, 2.24) is 4.98 Å². The minimum atomic E-state index is -0.367. The summed E-state index contributed by atoms with van der Waals surface area (Å²) in [6.45, 7) is 6.48.